The molecule has 30 heavy (non-hydrogen) atoms. The Bertz CT molecular complexity index is 1090. The highest BCUT2D eigenvalue weighted by atomic mass is 16.5. The molecule has 1 aromatic heterocycles. The van der Waals surface area contributed by atoms with E-state index >= 15 is 0 Å². The molecular weight excluding hydrogens is 380 g/mol. The van der Waals surface area contributed by atoms with Gasteiger partial charge in [-0.2, -0.15) is 0 Å². The first-order valence-electron chi connectivity index (χ1n) is 10.2. The molecule has 6 heteroatoms. The number of hydrogen-bond acceptors (Lipinski definition) is 3. The van der Waals surface area contributed by atoms with E-state index in [2.05, 4.69) is 10.3 Å². The van der Waals surface area contributed by atoms with Gasteiger partial charge in [0.05, 0.1) is 5.92 Å². The van der Waals surface area contributed by atoms with E-state index in [1.165, 1.54) is 0 Å². The van der Waals surface area contributed by atoms with Gasteiger partial charge in [0.15, 0.2) is 0 Å². The first kappa shape index (κ1) is 20.2. The Labute approximate surface area is 175 Å². The summed E-state index contributed by atoms with van der Waals surface area (Å²) in [5.74, 6) is -2.02. The quantitative estimate of drug-likeness (QED) is 0.559. The number of aliphatic carboxylic acids is 1. The Balaban J connectivity index is 1.62. The third-order valence-corrected chi connectivity index (χ3v) is 6.01. The van der Waals surface area contributed by atoms with Crippen LogP contribution in [0.3, 0.4) is 0 Å². The Morgan fingerprint density at radius 2 is 2.03 bits per heavy atom. The maximum absolute atomic E-state index is 13.0. The number of methoxy groups -OCH3 is 1. The number of carbonyl (C=O) groups excluding carboxylic acids is 1. The number of ether oxygens (including phenoxy) is 1. The predicted molar refractivity (Wildman–Crippen MR) is 115 cm³/mol. The van der Waals surface area contributed by atoms with E-state index in [1.54, 1.807) is 7.11 Å². The van der Waals surface area contributed by atoms with Gasteiger partial charge in [0, 0.05) is 36.6 Å². The number of carboxylic acid groups (broad SMARTS) is 1. The van der Waals surface area contributed by atoms with Crippen LogP contribution in [0, 0.1) is 12.8 Å². The molecule has 2 aromatic carbocycles. The number of aromatic amines is 1. The van der Waals surface area contributed by atoms with Crippen molar-refractivity contribution in [3.63, 3.8) is 0 Å². The number of hydrogen-bond donors (Lipinski definition) is 3. The van der Waals surface area contributed by atoms with E-state index in [1.807, 2.05) is 55.5 Å². The van der Waals surface area contributed by atoms with Gasteiger partial charge in [0.25, 0.3) is 5.91 Å². The highest BCUT2D eigenvalue weighted by molar-refractivity contribution is 5.98. The molecule has 0 saturated carbocycles. The van der Waals surface area contributed by atoms with Crippen LogP contribution in [0.2, 0.25) is 0 Å². The molecule has 3 N–H and O–H groups in total. The maximum atomic E-state index is 13.0. The summed E-state index contributed by atoms with van der Waals surface area (Å²) in [5, 5.41) is 14.0. The lowest BCUT2D eigenvalue weighted by Crippen LogP contribution is -2.42. The van der Waals surface area contributed by atoms with Gasteiger partial charge in [0.2, 0.25) is 0 Å². The largest absolute Gasteiger partial charge is 0.481 e. The van der Waals surface area contributed by atoms with E-state index in [4.69, 9.17) is 4.74 Å². The molecule has 0 radical (unpaired) electrons. The summed E-state index contributed by atoms with van der Waals surface area (Å²) in [7, 11) is 1.57. The van der Waals surface area contributed by atoms with Crippen molar-refractivity contribution in [3.8, 4) is 0 Å². The van der Waals surface area contributed by atoms with E-state index in [9.17, 15) is 14.7 Å². The highest BCUT2D eigenvalue weighted by Gasteiger charge is 2.41. The van der Waals surface area contributed by atoms with Crippen LogP contribution >= 0.6 is 0 Å². The molecule has 1 aliphatic rings. The lowest BCUT2D eigenvalue weighted by Gasteiger charge is -2.27. The normalized spacial score (nSPS) is 18.9. The summed E-state index contributed by atoms with van der Waals surface area (Å²) in [6.45, 7) is 2.37. The first-order chi connectivity index (χ1) is 14.5. The van der Waals surface area contributed by atoms with Crippen LogP contribution in [0.15, 0.2) is 48.5 Å². The van der Waals surface area contributed by atoms with Gasteiger partial charge in [-0.15, -0.1) is 0 Å². The number of carboxylic acids is 1. The monoisotopic (exact) mass is 406 g/mol. The van der Waals surface area contributed by atoms with Crippen LogP contribution in [0.1, 0.15) is 39.5 Å². The van der Waals surface area contributed by atoms with Crippen LogP contribution in [0.4, 0.5) is 0 Å². The molecular formula is C24H26N2O4. The van der Waals surface area contributed by atoms with Crippen molar-refractivity contribution >= 4 is 22.8 Å². The minimum atomic E-state index is -0.867. The average molecular weight is 406 g/mol. The number of benzene rings is 2. The fourth-order valence-electron chi connectivity index (χ4n) is 4.59. The molecule has 0 spiro atoms. The number of fused-ring (bicyclic) bond motifs is 2. The predicted octanol–water partition coefficient (Wildman–Crippen LogP) is 3.65. The average Bonchev–Trinajstić information content (AvgIpc) is 3.29. The van der Waals surface area contributed by atoms with E-state index in [0.29, 0.717) is 25.1 Å². The minimum absolute atomic E-state index is 0.220. The lowest BCUT2D eigenvalue weighted by atomic mass is 9.82. The van der Waals surface area contributed by atoms with Crippen molar-refractivity contribution < 1.29 is 19.4 Å². The number of carbonyl (C=O) groups is 2. The second-order valence-corrected chi connectivity index (χ2v) is 8.01. The van der Waals surface area contributed by atoms with Gasteiger partial charge in [-0.3, -0.25) is 9.59 Å². The Morgan fingerprint density at radius 3 is 2.80 bits per heavy atom. The summed E-state index contributed by atoms with van der Waals surface area (Å²) < 4.78 is 5.14. The second kappa shape index (κ2) is 8.32. The molecule has 3 atom stereocenters. The zero-order chi connectivity index (χ0) is 21.3. The number of rotatable bonds is 7. The molecule has 0 fully saturated rings. The van der Waals surface area contributed by atoms with E-state index in [-0.39, 0.29) is 17.9 Å². The molecule has 4 rings (SSSR count). The number of aryl methyl sites for hydroxylation is 1. The van der Waals surface area contributed by atoms with Crippen molar-refractivity contribution in [2.24, 2.45) is 5.92 Å². The summed E-state index contributed by atoms with van der Waals surface area (Å²) >= 11 is 0. The van der Waals surface area contributed by atoms with Crippen LogP contribution in [0.5, 0.6) is 0 Å². The summed E-state index contributed by atoms with van der Waals surface area (Å²) in [6, 6.07) is 15.4. The zero-order valence-corrected chi connectivity index (χ0v) is 17.1. The van der Waals surface area contributed by atoms with E-state index in [0.717, 1.165) is 27.6 Å². The second-order valence-electron chi connectivity index (χ2n) is 8.01. The Kier molecular flexibility index (Phi) is 5.59. The molecule has 0 bridgehead atoms. The third kappa shape index (κ3) is 3.83. The van der Waals surface area contributed by atoms with Crippen molar-refractivity contribution in [2.45, 2.75) is 31.7 Å². The van der Waals surface area contributed by atoms with Gasteiger partial charge in [0.1, 0.15) is 5.69 Å². The Morgan fingerprint density at radius 1 is 1.23 bits per heavy atom. The fraction of sp³-hybridized carbons (Fsp3) is 0.333. The number of amides is 1. The van der Waals surface area contributed by atoms with Gasteiger partial charge in [-0.25, -0.2) is 0 Å². The minimum Gasteiger partial charge on any atom is -0.481 e. The third-order valence-electron chi connectivity index (χ3n) is 6.01. The summed E-state index contributed by atoms with van der Waals surface area (Å²) in [6.07, 6.45) is 1.01. The molecule has 0 aliphatic heterocycles. The van der Waals surface area contributed by atoms with Crippen LogP contribution < -0.4 is 5.32 Å². The van der Waals surface area contributed by atoms with Crippen LogP contribution in [-0.4, -0.2) is 41.7 Å². The number of aromatic nitrogens is 1. The standard InChI is InChI=1S/C24H26N2O4/c1-14-7-8-19-16(11-14)13-21(25-19)23(27)26-20-12-15-5-3-4-6-17(15)22(20)18(24(28)29)9-10-30-2/h3-8,11,13,18,20,22,25H,9-10,12H2,1-2H3,(H,26,27)(H,28,29)/t18-,20?,22?/m0/s1. The van der Waals surface area contributed by atoms with Crippen molar-refractivity contribution in [1.82, 2.24) is 10.3 Å². The van der Waals surface area contributed by atoms with Gasteiger partial charge >= 0.3 is 5.97 Å². The molecule has 156 valence electrons. The molecule has 1 heterocycles. The fourth-order valence-corrected chi connectivity index (χ4v) is 4.59. The zero-order valence-electron chi connectivity index (χ0n) is 17.1. The maximum Gasteiger partial charge on any atom is 0.307 e. The summed E-state index contributed by atoms with van der Waals surface area (Å²) in [4.78, 5) is 28.3. The van der Waals surface area contributed by atoms with Gasteiger partial charge in [-0.1, -0.05) is 35.9 Å². The first-order valence-corrected chi connectivity index (χ1v) is 10.2. The molecule has 0 saturated heterocycles. The SMILES string of the molecule is COCC[C@H](C(=O)O)C1c2ccccc2CC1NC(=O)c1cc2cc(C)ccc2[nH]1. The molecule has 6 nitrogen and oxygen atoms in total. The topological polar surface area (TPSA) is 91.4 Å². The van der Waals surface area contributed by atoms with Gasteiger partial charge < -0.3 is 20.1 Å². The molecule has 1 aliphatic carbocycles. The summed E-state index contributed by atoms with van der Waals surface area (Å²) in [5.41, 5.74) is 4.60. The molecule has 3 aromatic rings. The lowest BCUT2D eigenvalue weighted by molar-refractivity contribution is -0.143. The molecule has 2 unspecified atom stereocenters. The Hall–Kier alpha value is -3.12. The smallest absolute Gasteiger partial charge is 0.307 e. The molecule has 1 amide bonds. The van der Waals surface area contributed by atoms with E-state index < -0.39 is 11.9 Å². The number of H-pyrrole nitrogens is 1. The van der Waals surface area contributed by atoms with Crippen LogP contribution in [0.25, 0.3) is 10.9 Å². The van der Waals surface area contributed by atoms with Crippen molar-refractivity contribution in [2.75, 3.05) is 13.7 Å². The number of nitrogens with one attached hydrogen (secondary N) is 2. The highest BCUT2D eigenvalue weighted by Crippen LogP contribution is 2.40. The van der Waals surface area contributed by atoms with Crippen molar-refractivity contribution in [3.05, 3.63) is 70.9 Å². The van der Waals surface area contributed by atoms with Crippen molar-refractivity contribution in [1.29, 1.82) is 0 Å². The van der Waals surface area contributed by atoms with Gasteiger partial charge in [-0.05, 0) is 49.1 Å². The van der Waals surface area contributed by atoms with Crippen LogP contribution in [-0.2, 0) is 16.0 Å².